The number of esters is 1. The van der Waals surface area contributed by atoms with Gasteiger partial charge in [0.15, 0.2) is 0 Å². The minimum Gasteiger partial charge on any atom is -0.481 e. The van der Waals surface area contributed by atoms with E-state index in [0.717, 1.165) is 40.4 Å². The fourth-order valence-corrected chi connectivity index (χ4v) is 5.30. The second kappa shape index (κ2) is 11.2. The van der Waals surface area contributed by atoms with Crippen LogP contribution in [-0.4, -0.2) is 46.9 Å². The Bertz CT molecular complexity index is 1460. The second-order valence-electron chi connectivity index (χ2n) is 9.52. The Labute approximate surface area is 225 Å². The van der Waals surface area contributed by atoms with Crippen molar-refractivity contribution in [2.24, 2.45) is 5.92 Å². The van der Waals surface area contributed by atoms with Crippen molar-refractivity contribution >= 4 is 34.4 Å². The number of halogens is 1. The minimum atomic E-state index is -0.192. The number of ether oxygens (including phenoxy) is 2. The van der Waals surface area contributed by atoms with Gasteiger partial charge in [0.2, 0.25) is 5.88 Å². The van der Waals surface area contributed by atoms with Crippen LogP contribution in [0.1, 0.15) is 41.6 Å². The van der Waals surface area contributed by atoms with Crippen LogP contribution >= 0.6 is 11.6 Å². The number of nitrogens with one attached hydrogen (secondary N) is 1. The lowest BCUT2D eigenvalue weighted by atomic mass is 9.86. The van der Waals surface area contributed by atoms with E-state index in [-0.39, 0.29) is 23.8 Å². The summed E-state index contributed by atoms with van der Waals surface area (Å²) in [5.74, 6) is 0.0986. The van der Waals surface area contributed by atoms with Crippen molar-refractivity contribution in [1.29, 1.82) is 0 Å². The van der Waals surface area contributed by atoms with E-state index in [2.05, 4.69) is 15.4 Å². The first-order chi connectivity index (χ1) is 18.4. The van der Waals surface area contributed by atoms with E-state index in [1.807, 2.05) is 47.1 Å². The van der Waals surface area contributed by atoms with Crippen molar-refractivity contribution < 1.29 is 19.1 Å². The van der Waals surface area contributed by atoms with Gasteiger partial charge < -0.3 is 14.8 Å². The average Bonchev–Trinajstić information content (AvgIpc) is 3.35. The van der Waals surface area contributed by atoms with Crippen molar-refractivity contribution in [3.8, 4) is 17.0 Å². The van der Waals surface area contributed by atoms with Crippen molar-refractivity contribution in [1.82, 2.24) is 20.1 Å². The molecular weight excluding hydrogens is 504 g/mol. The molecule has 2 heterocycles. The number of benzene rings is 2. The monoisotopic (exact) mass is 532 g/mol. The summed E-state index contributed by atoms with van der Waals surface area (Å²) >= 11 is 6.37. The maximum atomic E-state index is 13.4. The number of carbonyl (C=O) groups excluding carboxylic acids is 2. The molecule has 0 spiro atoms. The highest BCUT2D eigenvalue weighted by molar-refractivity contribution is 6.32. The Morgan fingerprint density at radius 3 is 2.50 bits per heavy atom. The van der Waals surface area contributed by atoms with Crippen LogP contribution in [-0.2, 0) is 16.1 Å². The zero-order valence-corrected chi connectivity index (χ0v) is 22.1. The number of amides is 1. The van der Waals surface area contributed by atoms with E-state index in [0.29, 0.717) is 35.9 Å². The molecule has 2 aromatic carbocycles. The highest BCUT2D eigenvalue weighted by atomic mass is 35.5. The fraction of sp³-hybridized carbons (Fsp3) is 0.310. The van der Waals surface area contributed by atoms with Crippen molar-refractivity contribution in [3.05, 3.63) is 77.1 Å². The molecule has 9 heteroatoms. The number of hydrogen-bond acceptors (Lipinski definition) is 6. The van der Waals surface area contributed by atoms with E-state index >= 15 is 0 Å². The van der Waals surface area contributed by atoms with E-state index in [9.17, 15) is 9.59 Å². The van der Waals surface area contributed by atoms with Crippen molar-refractivity contribution in [2.45, 2.75) is 38.3 Å². The number of hydrogen-bond donors (Lipinski definition) is 1. The number of nitrogens with zero attached hydrogens (tertiary/aromatic N) is 3. The number of pyridine rings is 1. The van der Waals surface area contributed by atoms with Crippen LogP contribution in [0.2, 0.25) is 5.02 Å². The molecule has 5 rings (SSSR count). The maximum Gasteiger partial charge on any atom is 0.308 e. The third-order valence-corrected chi connectivity index (χ3v) is 7.32. The summed E-state index contributed by atoms with van der Waals surface area (Å²) in [6.07, 6.45) is 6.30. The quantitative estimate of drug-likeness (QED) is 0.326. The van der Waals surface area contributed by atoms with E-state index in [1.54, 1.807) is 25.6 Å². The summed E-state index contributed by atoms with van der Waals surface area (Å²) in [5, 5.41) is 8.99. The highest BCUT2D eigenvalue weighted by Gasteiger charge is 2.28. The summed E-state index contributed by atoms with van der Waals surface area (Å²) in [6.45, 7) is 0.496. The Morgan fingerprint density at radius 2 is 1.79 bits per heavy atom. The molecule has 2 aromatic heterocycles. The molecule has 196 valence electrons. The minimum absolute atomic E-state index is 0.00633. The molecular formula is C29H29ClN4O4. The van der Waals surface area contributed by atoms with Gasteiger partial charge in [0.1, 0.15) is 0 Å². The standard InChI is InChI=1S/C29H29ClN4O4/c1-37-26-14-21(11-12-31-26)19-5-3-18(4-6-19)17-34-27-22(16-32-34)13-23(30)15-25(27)28(35)33-24-9-7-20(8-10-24)29(36)38-2/h3-6,11-16,20,24H,7-10,17H2,1-2H3,(H,33,35). The van der Waals surface area contributed by atoms with Crippen LogP contribution in [0.4, 0.5) is 0 Å². The van der Waals surface area contributed by atoms with Crippen LogP contribution in [0.25, 0.3) is 22.0 Å². The molecule has 0 bridgehead atoms. The van der Waals surface area contributed by atoms with Crippen LogP contribution < -0.4 is 10.1 Å². The predicted octanol–water partition coefficient (Wildman–Crippen LogP) is 5.27. The summed E-state index contributed by atoms with van der Waals surface area (Å²) in [4.78, 5) is 29.4. The molecule has 1 amide bonds. The zero-order valence-electron chi connectivity index (χ0n) is 21.3. The van der Waals surface area contributed by atoms with Gasteiger partial charge in [-0.15, -0.1) is 0 Å². The van der Waals surface area contributed by atoms with E-state index in [4.69, 9.17) is 21.1 Å². The number of rotatable bonds is 7. The Balaban J connectivity index is 1.34. The van der Waals surface area contributed by atoms with Gasteiger partial charge in [0.25, 0.3) is 5.91 Å². The van der Waals surface area contributed by atoms with Crippen molar-refractivity contribution in [2.75, 3.05) is 14.2 Å². The van der Waals surface area contributed by atoms with Crippen LogP contribution in [0.5, 0.6) is 5.88 Å². The normalized spacial score (nSPS) is 17.2. The van der Waals surface area contributed by atoms with Crippen LogP contribution in [0.15, 0.2) is 60.9 Å². The highest BCUT2D eigenvalue weighted by Crippen LogP contribution is 2.28. The lowest BCUT2D eigenvalue weighted by molar-refractivity contribution is -0.146. The number of aromatic nitrogens is 3. The van der Waals surface area contributed by atoms with Gasteiger partial charge in [0, 0.05) is 28.7 Å². The largest absolute Gasteiger partial charge is 0.481 e. The molecule has 0 unspecified atom stereocenters. The molecule has 1 aliphatic rings. The molecule has 4 aromatic rings. The predicted molar refractivity (Wildman–Crippen MR) is 145 cm³/mol. The zero-order chi connectivity index (χ0) is 26.6. The molecule has 8 nitrogen and oxygen atoms in total. The van der Waals surface area contributed by atoms with Gasteiger partial charge in [-0.3, -0.25) is 14.3 Å². The number of carbonyl (C=O) groups is 2. The van der Waals surface area contributed by atoms with Gasteiger partial charge in [-0.2, -0.15) is 5.10 Å². The molecule has 0 aliphatic heterocycles. The molecule has 0 atom stereocenters. The summed E-state index contributed by atoms with van der Waals surface area (Å²) in [5.41, 5.74) is 4.33. The smallest absolute Gasteiger partial charge is 0.308 e. The molecule has 1 N–H and O–H groups in total. The second-order valence-corrected chi connectivity index (χ2v) is 9.96. The van der Waals surface area contributed by atoms with Gasteiger partial charge in [0.05, 0.1) is 44.0 Å². The third kappa shape index (κ3) is 5.50. The van der Waals surface area contributed by atoms with E-state index in [1.165, 1.54) is 7.11 Å². The molecule has 38 heavy (non-hydrogen) atoms. The first-order valence-electron chi connectivity index (χ1n) is 12.6. The third-order valence-electron chi connectivity index (χ3n) is 7.10. The van der Waals surface area contributed by atoms with Gasteiger partial charge in [-0.05, 0) is 60.6 Å². The van der Waals surface area contributed by atoms with E-state index < -0.39 is 0 Å². The lowest BCUT2D eigenvalue weighted by Gasteiger charge is -2.27. The number of fused-ring (bicyclic) bond motifs is 1. The van der Waals surface area contributed by atoms with Gasteiger partial charge >= 0.3 is 5.97 Å². The SMILES string of the molecule is COC(=O)C1CCC(NC(=O)c2cc(Cl)cc3cnn(Cc4ccc(-c5ccnc(OC)c5)cc4)c23)CC1. The molecule has 1 aliphatic carbocycles. The fourth-order valence-electron chi connectivity index (χ4n) is 5.07. The Hall–Kier alpha value is -3.91. The van der Waals surface area contributed by atoms with Crippen LogP contribution in [0.3, 0.4) is 0 Å². The average molecular weight is 533 g/mol. The molecule has 0 saturated heterocycles. The van der Waals surface area contributed by atoms with Gasteiger partial charge in [-0.1, -0.05) is 35.9 Å². The lowest BCUT2D eigenvalue weighted by Crippen LogP contribution is -2.39. The maximum absolute atomic E-state index is 13.4. The molecule has 0 radical (unpaired) electrons. The Kier molecular flexibility index (Phi) is 7.60. The molecule has 1 saturated carbocycles. The number of methoxy groups -OCH3 is 2. The van der Waals surface area contributed by atoms with Crippen LogP contribution in [0, 0.1) is 5.92 Å². The van der Waals surface area contributed by atoms with Gasteiger partial charge in [-0.25, -0.2) is 4.98 Å². The first kappa shape index (κ1) is 25.7. The Morgan fingerprint density at radius 1 is 1.03 bits per heavy atom. The molecule has 1 fully saturated rings. The van der Waals surface area contributed by atoms with Crippen molar-refractivity contribution in [3.63, 3.8) is 0 Å². The first-order valence-corrected chi connectivity index (χ1v) is 13.0. The summed E-state index contributed by atoms with van der Waals surface area (Å²) in [6, 6.07) is 15.5. The summed E-state index contributed by atoms with van der Waals surface area (Å²) in [7, 11) is 3.01. The topological polar surface area (TPSA) is 95.3 Å². The summed E-state index contributed by atoms with van der Waals surface area (Å²) < 4.78 is 11.9.